The van der Waals surface area contributed by atoms with E-state index in [9.17, 15) is 29.3 Å². The summed E-state index contributed by atoms with van der Waals surface area (Å²) in [5.74, 6) is -1.23. The van der Waals surface area contributed by atoms with Crippen molar-refractivity contribution >= 4 is 0 Å². The highest BCUT2D eigenvalue weighted by atomic mass is 19.1. The molecular weight excluding hydrogens is 251 g/mol. The standard InChI is InChI=1S/C9H11FN2O6/c10-3-1-12(9(17)11-7(3)16)8-6(15)5(14)4(13)2-18-8/h1,4-6,8,13-15H,2H2,(H,11,16,17)/t4-,5+,6+,8+/m0/s1. The Hall–Kier alpha value is -1.55. The number of aliphatic hydroxyl groups is 3. The van der Waals surface area contributed by atoms with Gasteiger partial charge in [-0.1, -0.05) is 0 Å². The molecule has 1 fully saturated rings. The summed E-state index contributed by atoms with van der Waals surface area (Å²) in [5.41, 5.74) is -2.18. The van der Waals surface area contributed by atoms with E-state index in [1.165, 1.54) is 0 Å². The Kier molecular flexibility index (Phi) is 3.30. The fourth-order valence-electron chi connectivity index (χ4n) is 1.69. The van der Waals surface area contributed by atoms with Gasteiger partial charge in [-0.3, -0.25) is 14.3 Å². The Labute approximate surface area is 98.9 Å². The van der Waals surface area contributed by atoms with Gasteiger partial charge < -0.3 is 20.1 Å². The van der Waals surface area contributed by atoms with Crippen molar-refractivity contribution in [3.63, 3.8) is 0 Å². The maximum Gasteiger partial charge on any atom is 0.330 e. The second kappa shape index (κ2) is 4.61. The average molecular weight is 262 g/mol. The highest BCUT2D eigenvalue weighted by Gasteiger charge is 2.39. The maximum absolute atomic E-state index is 13.1. The van der Waals surface area contributed by atoms with Crippen molar-refractivity contribution in [2.75, 3.05) is 6.61 Å². The third-order valence-electron chi connectivity index (χ3n) is 2.67. The molecule has 4 N–H and O–H groups in total. The van der Waals surface area contributed by atoms with Crippen LogP contribution in [0.5, 0.6) is 0 Å². The molecule has 0 aromatic carbocycles. The minimum Gasteiger partial charge on any atom is -0.388 e. The topological polar surface area (TPSA) is 125 Å². The third-order valence-corrected chi connectivity index (χ3v) is 2.67. The van der Waals surface area contributed by atoms with E-state index in [0.29, 0.717) is 10.8 Å². The first-order valence-corrected chi connectivity index (χ1v) is 5.08. The summed E-state index contributed by atoms with van der Waals surface area (Å²) in [6.07, 6.45) is -5.29. The predicted octanol–water partition coefficient (Wildman–Crippen LogP) is -2.71. The number of hydrogen-bond acceptors (Lipinski definition) is 6. The van der Waals surface area contributed by atoms with Gasteiger partial charge in [-0.15, -0.1) is 0 Å². The highest BCUT2D eigenvalue weighted by molar-refractivity contribution is 4.92. The summed E-state index contributed by atoms with van der Waals surface area (Å²) >= 11 is 0. The Morgan fingerprint density at radius 3 is 2.67 bits per heavy atom. The van der Waals surface area contributed by atoms with E-state index >= 15 is 0 Å². The van der Waals surface area contributed by atoms with Crippen LogP contribution in [0.25, 0.3) is 0 Å². The monoisotopic (exact) mass is 262 g/mol. The largest absolute Gasteiger partial charge is 0.388 e. The molecule has 0 bridgehead atoms. The fraction of sp³-hybridized carbons (Fsp3) is 0.556. The van der Waals surface area contributed by atoms with Crippen molar-refractivity contribution < 1.29 is 24.4 Å². The van der Waals surface area contributed by atoms with Gasteiger partial charge >= 0.3 is 5.69 Å². The zero-order valence-electron chi connectivity index (χ0n) is 8.99. The summed E-state index contributed by atoms with van der Waals surface area (Å²) in [6.45, 7) is -0.337. The van der Waals surface area contributed by atoms with E-state index in [1.54, 1.807) is 4.98 Å². The van der Waals surface area contributed by atoms with Gasteiger partial charge in [-0.25, -0.2) is 4.79 Å². The lowest BCUT2D eigenvalue weighted by Gasteiger charge is -2.35. The summed E-state index contributed by atoms with van der Waals surface area (Å²) in [7, 11) is 0. The second-order valence-electron chi connectivity index (χ2n) is 3.92. The Bertz CT molecular complexity index is 555. The van der Waals surface area contributed by atoms with Crippen LogP contribution >= 0.6 is 0 Å². The number of nitrogens with zero attached hydrogens (tertiary/aromatic N) is 1. The lowest BCUT2D eigenvalue weighted by atomic mass is 10.0. The molecule has 1 aromatic heterocycles. The second-order valence-corrected chi connectivity index (χ2v) is 3.92. The van der Waals surface area contributed by atoms with Gasteiger partial charge in [0.25, 0.3) is 5.56 Å². The van der Waals surface area contributed by atoms with Gasteiger partial charge in [0, 0.05) is 0 Å². The quantitative estimate of drug-likeness (QED) is 0.436. The number of aliphatic hydroxyl groups excluding tert-OH is 3. The molecule has 0 saturated carbocycles. The van der Waals surface area contributed by atoms with Crippen molar-refractivity contribution in [2.45, 2.75) is 24.5 Å². The molecule has 0 amide bonds. The first kappa shape index (κ1) is 12.9. The molecule has 0 aliphatic carbocycles. The van der Waals surface area contributed by atoms with Gasteiger partial charge in [0.1, 0.15) is 18.3 Å². The van der Waals surface area contributed by atoms with E-state index in [4.69, 9.17) is 4.74 Å². The van der Waals surface area contributed by atoms with Crippen molar-refractivity contribution in [1.82, 2.24) is 9.55 Å². The molecule has 2 rings (SSSR count). The van der Waals surface area contributed by atoms with Crippen molar-refractivity contribution in [1.29, 1.82) is 0 Å². The minimum atomic E-state index is -1.63. The van der Waals surface area contributed by atoms with Gasteiger partial charge in [0.05, 0.1) is 12.8 Å². The van der Waals surface area contributed by atoms with Gasteiger partial charge in [0.2, 0.25) is 5.82 Å². The number of aromatic amines is 1. The molecule has 8 nitrogen and oxygen atoms in total. The third kappa shape index (κ3) is 2.08. The molecule has 0 spiro atoms. The molecule has 0 unspecified atom stereocenters. The van der Waals surface area contributed by atoms with Crippen LogP contribution < -0.4 is 11.2 Å². The molecule has 1 saturated heterocycles. The predicted molar refractivity (Wildman–Crippen MR) is 54.3 cm³/mol. The fourth-order valence-corrected chi connectivity index (χ4v) is 1.69. The molecule has 18 heavy (non-hydrogen) atoms. The smallest absolute Gasteiger partial charge is 0.330 e. The minimum absolute atomic E-state index is 0.337. The molecule has 0 radical (unpaired) electrons. The van der Waals surface area contributed by atoms with Crippen LogP contribution in [-0.2, 0) is 4.74 Å². The van der Waals surface area contributed by atoms with E-state index in [0.717, 1.165) is 0 Å². The van der Waals surface area contributed by atoms with Gasteiger partial charge in [0.15, 0.2) is 6.23 Å². The SMILES string of the molecule is O=c1[nH]c(=O)n([C@@H]2OC[C@H](O)[C@@H](O)[C@H]2O)cc1F. The summed E-state index contributed by atoms with van der Waals surface area (Å²) in [4.78, 5) is 24.0. The van der Waals surface area contributed by atoms with Gasteiger partial charge in [-0.2, -0.15) is 4.39 Å². The van der Waals surface area contributed by atoms with Crippen LogP contribution in [0.2, 0.25) is 0 Å². The van der Waals surface area contributed by atoms with E-state index in [2.05, 4.69) is 0 Å². The number of nitrogens with one attached hydrogen (secondary N) is 1. The number of aromatic nitrogens is 2. The van der Waals surface area contributed by atoms with Crippen molar-refractivity contribution in [3.05, 3.63) is 32.9 Å². The van der Waals surface area contributed by atoms with Crippen molar-refractivity contribution in [3.8, 4) is 0 Å². The zero-order valence-corrected chi connectivity index (χ0v) is 8.99. The Morgan fingerprint density at radius 2 is 2.00 bits per heavy atom. The van der Waals surface area contributed by atoms with E-state index < -0.39 is 41.6 Å². The number of H-pyrrole nitrogens is 1. The molecule has 1 aromatic rings. The molecule has 1 aliphatic heterocycles. The van der Waals surface area contributed by atoms with E-state index in [1.807, 2.05) is 0 Å². The van der Waals surface area contributed by atoms with Crippen LogP contribution in [-0.4, -0.2) is 49.8 Å². The number of rotatable bonds is 1. The number of hydrogen-bond donors (Lipinski definition) is 4. The Morgan fingerprint density at radius 1 is 1.33 bits per heavy atom. The van der Waals surface area contributed by atoms with Crippen molar-refractivity contribution in [2.24, 2.45) is 0 Å². The van der Waals surface area contributed by atoms with Crippen LogP contribution in [0.4, 0.5) is 4.39 Å². The molecule has 1 aliphatic rings. The van der Waals surface area contributed by atoms with Gasteiger partial charge in [-0.05, 0) is 0 Å². The average Bonchev–Trinajstić information content (AvgIpc) is 2.32. The first-order valence-electron chi connectivity index (χ1n) is 5.08. The van der Waals surface area contributed by atoms with Crippen LogP contribution in [0, 0.1) is 5.82 Å². The molecule has 2 heterocycles. The highest BCUT2D eigenvalue weighted by Crippen LogP contribution is 2.22. The Balaban J connectivity index is 2.41. The molecule has 4 atom stereocenters. The summed E-state index contributed by atoms with van der Waals surface area (Å²) < 4.78 is 18.6. The summed E-state index contributed by atoms with van der Waals surface area (Å²) in [6, 6.07) is 0. The maximum atomic E-state index is 13.1. The van der Waals surface area contributed by atoms with Crippen LogP contribution in [0.15, 0.2) is 15.8 Å². The molecule has 9 heteroatoms. The van der Waals surface area contributed by atoms with Crippen LogP contribution in [0.3, 0.4) is 0 Å². The zero-order chi connectivity index (χ0) is 13.4. The number of ether oxygens (including phenoxy) is 1. The lowest BCUT2D eigenvalue weighted by molar-refractivity contribution is -0.212. The lowest BCUT2D eigenvalue weighted by Crippen LogP contribution is -2.53. The molecular formula is C9H11FN2O6. The molecule has 100 valence electrons. The number of halogens is 1. The van der Waals surface area contributed by atoms with Crippen LogP contribution in [0.1, 0.15) is 6.23 Å². The van der Waals surface area contributed by atoms with E-state index in [-0.39, 0.29) is 6.61 Å². The summed E-state index contributed by atoms with van der Waals surface area (Å²) in [5, 5.41) is 28.3. The first-order chi connectivity index (χ1) is 8.41. The normalized spacial score (nSPS) is 32.4.